The second-order valence-electron chi connectivity index (χ2n) is 4.87. The number of ether oxygens (including phenoxy) is 1. The molecular formula is C17H14Cl2N4O. The summed E-state index contributed by atoms with van der Waals surface area (Å²) in [5.41, 5.74) is 1.50. The molecule has 122 valence electrons. The lowest BCUT2D eigenvalue weighted by molar-refractivity contribution is 0.415. The predicted molar refractivity (Wildman–Crippen MR) is 98.1 cm³/mol. The first-order chi connectivity index (χ1) is 11.6. The van der Waals surface area contributed by atoms with E-state index >= 15 is 0 Å². The quantitative estimate of drug-likeness (QED) is 0.648. The number of nitrogens with zero attached hydrogens (tertiary/aromatic N) is 2. The van der Waals surface area contributed by atoms with Crippen molar-refractivity contribution in [3.63, 3.8) is 0 Å². The van der Waals surface area contributed by atoms with Crippen LogP contribution < -0.4 is 15.4 Å². The fraction of sp³-hybridized carbons (Fsp3) is 0.0588. The van der Waals surface area contributed by atoms with Crippen molar-refractivity contribution in [2.24, 2.45) is 0 Å². The molecule has 1 aromatic heterocycles. The Morgan fingerprint density at radius 2 is 1.88 bits per heavy atom. The summed E-state index contributed by atoms with van der Waals surface area (Å²) in [6.45, 7) is 0. The minimum absolute atomic E-state index is 0.450. The number of rotatable bonds is 5. The Hall–Kier alpha value is -2.50. The summed E-state index contributed by atoms with van der Waals surface area (Å²) >= 11 is 12.1. The number of hydrogen-bond acceptors (Lipinski definition) is 5. The van der Waals surface area contributed by atoms with Crippen molar-refractivity contribution in [3.8, 4) is 5.75 Å². The molecule has 0 radical (unpaired) electrons. The lowest BCUT2D eigenvalue weighted by atomic mass is 10.3. The molecule has 0 atom stereocenters. The van der Waals surface area contributed by atoms with E-state index in [0.29, 0.717) is 27.5 Å². The van der Waals surface area contributed by atoms with Gasteiger partial charge in [0.15, 0.2) is 0 Å². The number of hydrogen-bond donors (Lipinski definition) is 2. The molecule has 0 saturated carbocycles. The molecule has 0 spiro atoms. The number of anilines is 4. The minimum Gasteiger partial charge on any atom is -0.497 e. The predicted octanol–water partition coefficient (Wildman–Crippen LogP) is 5.28. The van der Waals surface area contributed by atoms with Crippen molar-refractivity contribution >= 4 is 46.3 Å². The Morgan fingerprint density at radius 3 is 2.71 bits per heavy atom. The van der Waals surface area contributed by atoms with Gasteiger partial charge in [-0.15, -0.1) is 0 Å². The monoisotopic (exact) mass is 360 g/mol. The third kappa shape index (κ3) is 4.07. The molecule has 1 heterocycles. The first-order valence-electron chi connectivity index (χ1n) is 7.10. The van der Waals surface area contributed by atoms with Crippen molar-refractivity contribution in [1.82, 2.24) is 9.97 Å². The van der Waals surface area contributed by atoms with Gasteiger partial charge in [-0.2, -0.15) is 4.98 Å². The summed E-state index contributed by atoms with van der Waals surface area (Å²) in [6.07, 6.45) is 1.65. The van der Waals surface area contributed by atoms with Crippen LogP contribution in [0, 0.1) is 0 Å². The second kappa shape index (κ2) is 7.38. The first kappa shape index (κ1) is 16.4. The zero-order valence-electron chi connectivity index (χ0n) is 12.8. The van der Waals surface area contributed by atoms with Crippen molar-refractivity contribution in [1.29, 1.82) is 0 Å². The van der Waals surface area contributed by atoms with Crippen LogP contribution in [-0.2, 0) is 0 Å². The minimum atomic E-state index is 0.450. The van der Waals surface area contributed by atoms with E-state index in [-0.39, 0.29) is 0 Å². The van der Waals surface area contributed by atoms with Crippen molar-refractivity contribution in [2.45, 2.75) is 0 Å². The van der Waals surface area contributed by atoms with Crippen LogP contribution in [0.2, 0.25) is 10.0 Å². The van der Waals surface area contributed by atoms with Gasteiger partial charge in [0.25, 0.3) is 0 Å². The van der Waals surface area contributed by atoms with E-state index in [4.69, 9.17) is 27.9 Å². The maximum Gasteiger partial charge on any atom is 0.229 e. The Kier molecular flexibility index (Phi) is 5.03. The molecule has 0 aliphatic carbocycles. The number of methoxy groups -OCH3 is 1. The highest BCUT2D eigenvalue weighted by Crippen LogP contribution is 2.28. The molecule has 5 nitrogen and oxygen atoms in total. The topological polar surface area (TPSA) is 59.1 Å². The summed E-state index contributed by atoms with van der Waals surface area (Å²) in [7, 11) is 1.62. The third-order valence-corrected chi connectivity index (χ3v) is 3.74. The molecule has 3 aromatic rings. The van der Waals surface area contributed by atoms with Crippen LogP contribution in [0.15, 0.2) is 54.7 Å². The van der Waals surface area contributed by atoms with Gasteiger partial charge in [-0.05, 0) is 36.4 Å². The number of halogens is 2. The third-order valence-electron chi connectivity index (χ3n) is 3.17. The SMILES string of the molecule is COc1cccc(Nc2nccc(Nc3cc(Cl)ccc3Cl)n2)c1. The van der Waals surface area contributed by atoms with Crippen LogP contribution >= 0.6 is 23.2 Å². The zero-order valence-corrected chi connectivity index (χ0v) is 14.3. The fourth-order valence-corrected chi connectivity index (χ4v) is 2.39. The average Bonchev–Trinajstić information content (AvgIpc) is 2.59. The van der Waals surface area contributed by atoms with Crippen LogP contribution in [0.3, 0.4) is 0 Å². The fourth-order valence-electron chi connectivity index (χ4n) is 2.05. The average molecular weight is 361 g/mol. The Labute approximate surface area is 149 Å². The van der Waals surface area contributed by atoms with Gasteiger partial charge < -0.3 is 15.4 Å². The van der Waals surface area contributed by atoms with E-state index in [1.54, 1.807) is 37.6 Å². The Morgan fingerprint density at radius 1 is 1.00 bits per heavy atom. The van der Waals surface area contributed by atoms with Crippen LogP contribution in [0.5, 0.6) is 5.75 Å². The lowest BCUT2D eigenvalue weighted by Crippen LogP contribution is -2.00. The Bertz CT molecular complexity index is 857. The number of aromatic nitrogens is 2. The van der Waals surface area contributed by atoms with Crippen LogP contribution in [0.1, 0.15) is 0 Å². The van der Waals surface area contributed by atoms with Gasteiger partial charge >= 0.3 is 0 Å². The molecular weight excluding hydrogens is 347 g/mol. The standard InChI is InChI=1S/C17H14Cl2N4O/c1-24-13-4-2-3-12(10-13)21-17-20-8-7-16(23-17)22-15-9-11(18)5-6-14(15)19/h2-10H,1H3,(H2,20,21,22,23). The van der Waals surface area contributed by atoms with E-state index in [0.717, 1.165) is 11.4 Å². The van der Waals surface area contributed by atoms with Crippen LogP contribution in [-0.4, -0.2) is 17.1 Å². The molecule has 0 bridgehead atoms. The zero-order chi connectivity index (χ0) is 16.9. The highest BCUT2D eigenvalue weighted by Gasteiger charge is 2.05. The lowest BCUT2D eigenvalue weighted by Gasteiger charge is -2.10. The smallest absolute Gasteiger partial charge is 0.229 e. The molecule has 7 heteroatoms. The molecule has 3 rings (SSSR count). The molecule has 0 saturated heterocycles. The molecule has 0 aliphatic heterocycles. The molecule has 24 heavy (non-hydrogen) atoms. The van der Waals surface area contributed by atoms with E-state index in [1.165, 1.54) is 0 Å². The summed E-state index contributed by atoms with van der Waals surface area (Å²) in [6, 6.07) is 14.4. The highest BCUT2D eigenvalue weighted by atomic mass is 35.5. The summed E-state index contributed by atoms with van der Waals surface area (Å²) in [5, 5.41) is 7.40. The molecule has 2 N–H and O–H groups in total. The van der Waals surface area contributed by atoms with Gasteiger partial charge in [0.1, 0.15) is 11.6 Å². The summed E-state index contributed by atoms with van der Waals surface area (Å²) in [5.74, 6) is 1.80. The van der Waals surface area contributed by atoms with Crippen LogP contribution in [0.4, 0.5) is 23.1 Å². The maximum absolute atomic E-state index is 6.15. The molecule has 0 fully saturated rings. The molecule has 0 unspecified atom stereocenters. The van der Waals surface area contributed by atoms with Crippen molar-refractivity contribution in [3.05, 3.63) is 64.8 Å². The normalized spacial score (nSPS) is 10.3. The van der Waals surface area contributed by atoms with E-state index in [1.807, 2.05) is 24.3 Å². The number of nitrogens with one attached hydrogen (secondary N) is 2. The molecule has 0 amide bonds. The van der Waals surface area contributed by atoms with Crippen molar-refractivity contribution in [2.75, 3.05) is 17.7 Å². The van der Waals surface area contributed by atoms with Gasteiger partial charge in [0.05, 0.1) is 17.8 Å². The van der Waals surface area contributed by atoms with Gasteiger partial charge in [0.2, 0.25) is 5.95 Å². The van der Waals surface area contributed by atoms with E-state index in [9.17, 15) is 0 Å². The van der Waals surface area contributed by atoms with E-state index in [2.05, 4.69) is 20.6 Å². The van der Waals surface area contributed by atoms with Gasteiger partial charge in [-0.25, -0.2) is 4.98 Å². The van der Waals surface area contributed by atoms with E-state index < -0.39 is 0 Å². The molecule has 2 aromatic carbocycles. The highest BCUT2D eigenvalue weighted by molar-refractivity contribution is 6.35. The Balaban J connectivity index is 1.80. The van der Waals surface area contributed by atoms with Gasteiger partial charge in [-0.3, -0.25) is 0 Å². The van der Waals surface area contributed by atoms with Crippen LogP contribution in [0.25, 0.3) is 0 Å². The molecule has 0 aliphatic rings. The van der Waals surface area contributed by atoms with Gasteiger partial charge in [-0.1, -0.05) is 29.3 Å². The van der Waals surface area contributed by atoms with Gasteiger partial charge in [0, 0.05) is 23.0 Å². The largest absolute Gasteiger partial charge is 0.497 e. The second-order valence-corrected chi connectivity index (χ2v) is 5.72. The maximum atomic E-state index is 6.15. The first-order valence-corrected chi connectivity index (χ1v) is 7.86. The number of benzene rings is 2. The van der Waals surface area contributed by atoms with Crippen molar-refractivity contribution < 1.29 is 4.74 Å². The summed E-state index contributed by atoms with van der Waals surface area (Å²) in [4.78, 5) is 8.62. The summed E-state index contributed by atoms with van der Waals surface area (Å²) < 4.78 is 5.20.